The van der Waals surface area contributed by atoms with Crippen LogP contribution in [0.15, 0.2) is 0 Å². The van der Waals surface area contributed by atoms with Crippen molar-refractivity contribution >= 4 is 39.9 Å². The first-order valence-electron chi connectivity index (χ1n) is 3.94. The molecule has 0 saturated carbocycles. The maximum absolute atomic E-state index is 11.0. The fraction of sp³-hybridized carbons (Fsp3) is 0.625. The Morgan fingerprint density at radius 1 is 1.38 bits per heavy atom. The SMILES string of the molecule is CCNC(=S)SC(C(C)=O)C(C)=O. The summed E-state index contributed by atoms with van der Waals surface area (Å²) in [7, 11) is 0. The van der Waals surface area contributed by atoms with Gasteiger partial charge in [-0.3, -0.25) is 9.59 Å². The van der Waals surface area contributed by atoms with E-state index in [-0.39, 0.29) is 11.6 Å². The van der Waals surface area contributed by atoms with E-state index in [9.17, 15) is 9.59 Å². The van der Waals surface area contributed by atoms with Crippen molar-refractivity contribution in [1.82, 2.24) is 5.32 Å². The van der Waals surface area contributed by atoms with Crippen molar-refractivity contribution in [2.75, 3.05) is 6.54 Å². The molecule has 13 heavy (non-hydrogen) atoms. The van der Waals surface area contributed by atoms with E-state index in [2.05, 4.69) is 5.32 Å². The summed E-state index contributed by atoms with van der Waals surface area (Å²) in [6.07, 6.45) is 0. The Morgan fingerprint density at radius 2 is 1.85 bits per heavy atom. The van der Waals surface area contributed by atoms with E-state index >= 15 is 0 Å². The minimum atomic E-state index is -0.647. The topological polar surface area (TPSA) is 46.2 Å². The van der Waals surface area contributed by atoms with Gasteiger partial charge in [-0.15, -0.1) is 0 Å². The summed E-state index contributed by atoms with van der Waals surface area (Å²) in [5.41, 5.74) is 0. The van der Waals surface area contributed by atoms with Gasteiger partial charge in [-0.1, -0.05) is 24.0 Å². The number of thiocarbonyl (C=S) groups is 1. The van der Waals surface area contributed by atoms with Crippen LogP contribution in [-0.4, -0.2) is 27.7 Å². The lowest BCUT2D eigenvalue weighted by atomic mass is 10.2. The molecule has 0 spiro atoms. The van der Waals surface area contributed by atoms with Crippen LogP contribution in [0.3, 0.4) is 0 Å². The van der Waals surface area contributed by atoms with Crippen LogP contribution in [0.1, 0.15) is 20.8 Å². The Kier molecular flexibility index (Phi) is 5.90. The lowest BCUT2D eigenvalue weighted by molar-refractivity contribution is -0.123. The quantitative estimate of drug-likeness (QED) is 0.568. The number of carbonyl (C=O) groups is 2. The Labute approximate surface area is 87.6 Å². The highest BCUT2D eigenvalue weighted by Crippen LogP contribution is 2.14. The molecule has 0 aliphatic rings. The molecule has 74 valence electrons. The second-order valence-corrected chi connectivity index (χ2v) is 4.32. The number of ketones is 2. The first-order valence-corrected chi connectivity index (χ1v) is 5.23. The summed E-state index contributed by atoms with van der Waals surface area (Å²) >= 11 is 6.02. The van der Waals surface area contributed by atoms with Gasteiger partial charge in [0.05, 0.1) is 0 Å². The van der Waals surface area contributed by atoms with Crippen molar-refractivity contribution in [3.05, 3.63) is 0 Å². The fourth-order valence-electron chi connectivity index (χ4n) is 0.745. The van der Waals surface area contributed by atoms with Crippen molar-refractivity contribution in [2.24, 2.45) is 0 Å². The van der Waals surface area contributed by atoms with E-state index in [0.717, 1.165) is 11.8 Å². The average molecular weight is 219 g/mol. The van der Waals surface area contributed by atoms with E-state index < -0.39 is 5.25 Å². The summed E-state index contributed by atoms with van der Waals surface area (Å²) in [6, 6.07) is 0. The highest BCUT2D eigenvalue weighted by atomic mass is 32.2. The second-order valence-electron chi connectivity index (χ2n) is 2.54. The molecule has 0 aromatic carbocycles. The number of hydrogen-bond acceptors (Lipinski definition) is 4. The Morgan fingerprint density at radius 3 is 2.15 bits per heavy atom. The van der Waals surface area contributed by atoms with Crippen LogP contribution in [0.2, 0.25) is 0 Å². The van der Waals surface area contributed by atoms with Crippen LogP contribution in [0.5, 0.6) is 0 Å². The largest absolute Gasteiger partial charge is 0.371 e. The number of Topliss-reactive ketones (excluding diaryl/α,β-unsaturated/α-hetero) is 2. The van der Waals surface area contributed by atoms with E-state index in [1.807, 2.05) is 6.92 Å². The Hall–Kier alpha value is -0.420. The van der Waals surface area contributed by atoms with Gasteiger partial charge in [0, 0.05) is 6.54 Å². The minimum Gasteiger partial charge on any atom is -0.371 e. The average Bonchev–Trinajstić information content (AvgIpc) is 1.99. The van der Waals surface area contributed by atoms with E-state index in [0.29, 0.717) is 10.9 Å². The van der Waals surface area contributed by atoms with Crippen LogP contribution < -0.4 is 5.32 Å². The summed E-state index contributed by atoms with van der Waals surface area (Å²) in [5.74, 6) is -0.310. The number of rotatable bonds is 4. The molecular formula is C8H13NO2S2. The van der Waals surface area contributed by atoms with Crippen LogP contribution in [0, 0.1) is 0 Å². The van der Waals surface area contributed by atoms with E-state index in [4.69, 9.17) is 12.2 Å². The minimum absolute atomic E-state index is 0.155. The lowest BCUT2D eigenvalue weighted by Crippen LogP contribution is -2.28. The van der Waals surface area contributed by atoms with Gasteiger partial charge in [-0.2, -0.15) is 0 Å². The molecule has 0 unspecified atom stereocenters. The number of nitrogens with one attached hydrogen (secondary N) is 1. The molecule has 0 heterocycles. The predicted octanol–water partition coefficient (Wildman–Crippen LogP) is 1.16. The Balaban J connectivity index is 4.19. The summed E-state index contributed by atoms with van der Waals surface area (Å²) in [5, 5.41) is 2.23. The van der Waals surface area contributed by atoms with Crippen molar-refractivity contribution in [3.8, 4) is 0 Å². The smallest absolute Gasteiger partial charge is 0.150 e. The van der Waals surface area contributed by atoms with Gasteiger partial charge < -0.3 is 5.32 Å². The third-order valence-electron chi connectivity index (χ3n) is 1.28. The lowest BCUT2D eigenvalue weighted by Gasteiger charge is -2.10. The van der Waals surface area contributed by atoms with Gasteiger partial charge in [-0.05, 0) is 20.8 Å². The van der Waals surface area contributed by atoms with Gasteiger partial charge in [0.1, 0.15) is 9.57 Å². The zero-order chi connectivity index (χ0) is 10.4. The maximum Gasteiger partial charge on any atom is 0.150 e. The molecule has 0 aromatic rings. The van der Waals surface area contributed by atoms with Crippen LogP contribution >= 0.6 is 24.0 Å². The van der Waals surface area contributed by atoms with Gasteiger partial charge in [0.25, 0.3) is 0 Å². The van der Waals surface area contributed by atoms with Crippen molar-refractivity contribution < 1.29 is 9.59 Å². The van der Waals surface area contributed by atoms with Crippen molar-refractivity contribution in [2.45, 2.75) is 26.0 Å². The summed E-state index contributed by atoms with van der Waals surface area (Å²) < 4.78 is 0.498. The zero-order valence-electron chi connectivity index (χ0n) is 7.92. The van der Waals surface area contributed by atoms with Gasteiger partial charge >= 0.3 is 0 Å². The number of hydrogen-bond donors (Lipinski definition) is 1. The Bertz CT molecular complexity index is 214. The van der Waals surface area contributed by atoms with Gasteiger partial charge in [0.15, 0.2) is 11.6 Å². The molecule has 3 nitrogen and oxygen atoms in total. The summed E-state index contributed by atoms with van der Waals surface area (Å²) in [6.45, 7) is 5.40. The van der Waals surface area contributed by atoms with Crippen LogP contribution in [0.4, 0.5) is 0 Å². The normalized spacial score (nSPS) is 9.85. The molecule has 0 atom stereocenters. The number of carbonyl (C=O) groups excluding carboxylic acids is 2. The second kappa shape index (κ2) is 6.10. The molecule has 0 bridgehead atoms. The van der Waals surface area contributed by atoms with Crippen LogP contribution in [-0.2, 0) is 9.59 Å². The molecule has 0 aliphatic heterocycles. The molecule has 0 radical (unpaired) electrons. The third-order valence-corrected chi connectivity index (χ3v) is 2.98. The van der Waals surface area contributed by atoms with Crippen molar-refractivity contribution in [3.63, 3.8) is 0 Å². The standard InChI is InChI=1S/C8H13NO2S2/c1-4-9-8(12)13-7(5(2)10)6(3)11/h7H,4H2,1-3H3,(H,9,12). The molecule has 0 saturated heterocycles. The monoisotopic (exact) mass is 219 g/mol. The van der Waals surface area contributed by atoms with Crippen LogP contribution in [0.25, 0.3) is 0 Å². The predicted molar refractivity (Wildman–Crippen MR) is 59.0 cm³/mol. The van der Waals surface area contributed by atoms with Gasteiger partial charge in [0.2, 0.25) is 0 Å². The molecule has 0 aliphatic carbocycles. The zero-order valence-corrected chi connectivity index (χ0v) is 9.55. The van der Waals surface area contributed by atoms with E-state index in [1.165, 1.54) is 13.8 Å². The fourth-order valence-corrected chi connectivity index (χ4v) is 1.95. The first-order chi connectivity index (χ1) is 5.99. The molecule has 0 aromatic heterocycles. The highest BCUT2D eigenvalue weighted by molar-refractivity contribution is 8.24. The molecule has 0 rings (SSSR count). The molecular weight excluding hydrogens is 206 g/mol. The molecule has 1 N–H and O–H groups in total. The third kappa shape index (κ3) is 5.00. The molecule has 0 fully saturated rings. The van der Waals surface area contributed by atoms with Gasteiger partial charge in [-0.25, -0.2) is 0 Å². The molecule has 5 heteroatoms. The molecule has 0 amide bonds. The summed E-state index contributed by atoms with van der Waals surface area (Å²) in [4.78, 5) is 22.0. The van der Waals surface area contributed by atoms with E-state index in [1.54, 1.807) is 0 Å². The maximum atomic E-state index is 11.0. The number of thioether (sulfide) groups is 1. The van der Waals surface area contributed by atoms with Crippen molar-refractivity contribution in [1.29, 1.82) is 0 Å². The first kappa shape index (κ1) is 12.6. The highest BCUT2D eigenvalue weighted by Gasteiger charge is 2.21.